The summed E-state index contributed by atoms with van der Waals surface area (Å²) in [6, 6.07) is 27.4. The van der Waals surface area contributed by atoms with Crippen molar-refractivity contribution in [2.75, 3.05) is 6.54 Å². The summed E-state index contributed by atoms with van der Waals surface area (Å²) in [7, 11) is 0. The van der Waals surface area contributed by atoms with Crippen molar-refractivity contribution >= 4 is 28.1 Å². The summed E-state index contributed by atoms with van der Waals surface area (Å²) in [4.78, 5) is 31.9. The van der Waals surface area contributed by atoms with E-state index in [0.717, 1.165) is 22.5 Å². The van der Waals surface area contributed by atoms with Crippen LogP contribution in [0.15, 0.2) is 96.5 Å². The van der Waals surface area contributed by atoms with Crippen LogP contribution in [0.3, 0.4) is 0 Å². The fourth-order valence-electron chi connectivity index (χ4n) is 4.49. The molecule has 5 aromatic rings. The highest BCUT2D eigenvalue weighted by atomic mass is 32.1. The summed E-state index contributed by atoms with van der Waals surface area (Å²) in [5.41, 5.74) is 4.87. The van der Waals surface area contributed by atoms with Gasteiger partial charge in [0.1, 0.15) is 5.69 Å². The van der Waals surface area contributed by atoms with Crippen molar-refractivity contribution in [2.45, 2.75) is 25.8 Å². The first-order chi connectivity index (χ1) is 18.1. The molecule has 0 aliphatic heterocycles. The Morgan fingerprint density at radius 3 is 2.41 bits per heavy atom. The first-order valence-corrected chi connectivity index (χ1v) is 13.2. The molecule has 2 aromatic heterocycles. The number of aryl methyl sites for hydroxylation is 2. The van der Waals surface area contributed by atoms with Gasteiger partial charge in [0.2, 0.25) is 0 Å². The maximum Gasteiger partial charge on any atom is 0.270 e. The van der Waals surface area contributed by atoms with Crippen molar-refractivity contribution < 1.29 is 9.59 Å². The zero-order valence-electron chi connectivity index (χ0n) is 20.6. The standard InChI is InChI=1S/C30H28N4O2S/c1-21-27(34-18-19-37-30(34)32-21)29(36)31-20-24(17-16-22-10-4-2-5-11-22)33-28(35)26-15-9-8-14-25(26)23-12-6-3-7-13-23/h2-15,18-19,24H,16-17,20H2,1H3,(H,31,36)(H,33,35). The summed E-state index contributed by atoms with van der Waals surface area (Å²) in [5.74, 6) is -0.362. The molecule has 1 unspecified atom stereocenters. The molecule has 0 saturated heterocycles. The van der Waals surface area contributed by atoms with Crippen molar-refractivity contribution in [1.29, 1.82) is 0 Å². The van der Waals surface area contributed by atoms with E-state index in [9.17, 15) is 9.59 Å². The molecule has 0 fully saturated rings. The van der Waals surface area contributed by atoms with E-state index in [1.54, 1.807) is 0 Å². The molecule has 5 rings (SSSR count). The molecule has 0 bridgehead atoms. The fraction of sp³-hybridized carbons (Fsp3) is 0.167. The molecular weight excluding hydrogens is 480 g/mol. The van der Waals surface area contributed by atoms with Crippen LogP contribution in [0, 0.1) is 6.92 Å². The number of carbonyl (C=O) groups is 2. The van der Waals surface area contributed by atoms with Gasteiger partial charge in [-0.05, 0) is 42.5 Å². The summed E-state index contributed by atoms with van der Waals surface area (Å²) in [5, 5.41) is 8.13. The van der Waals surface area contributed by atoms with Gasteiger partial charge < -0.3 is 10.6 Å². The van der Waals surface area contributed by atoms with E-state index in [1.165, 1.54) is 16.9 Å². The highest BCUT2D eigenvalue weighted by molar-refractivity contribution is 7.15. The molecule has 0 radical (unpaired) electrons. The Kier molecular flexibility index (Phi) is 7.42. The number of nitrogens with zero attached hydrogens (tertiary/aromatic N) is 2. The minimum absolute atomic E-state index is 0.160. The van der Waals surface area contributed by atoms with Gasteiger partial charge in [0.15, 0.2) is 4.96 Å². The molecule has 2 amide bonds. The third kappa shape index (κ3) is 5.62. The minimum atomic E-state index is -0.258. The minimum Gasteiger partial charge on any atom is -0.349 e. The number of nitrogens with one attached hydrogen (secondary N) is 2. The Morgan fingerprint density at radius 1 is 0.919 bits per heavy atom. The van der Waals surface area contributed by atoms with Gasteiger partial charge in [0, 0.05) is 29.7 Å². The Morgan fingerprint density at radius 2 is 1.62 bits per heavy atom. The zero-order valence-corrected chi connectivity index (χ0v) is 21.4. The van der Waals surface area contributed by atoms with Crippen LogP contribution >= 0.6 is 11.3 Å². The summed E-state index contributed by atoms with van der Waals surface area (Å²) in [6.45, 7) is 2.14. The Balaban J connectivity index is 1.34. The van der Waals surface area contributed by atoms with Gasteiger partial charge in [-0.1, -0.05) is 78.9 Å². The number of hydrogen-bond donors (Lipinski definition) is 2. The quantitative estimate of drug-likeness (QED) is 0.275. The van der Waals surface area contributed by atoms with Crippen LogP contribution in [0.5, 0.6) is 0 Å². The molecule has 0 aliphatic carbocycles. The van der Waals surface area contributed by atoms with E-state index in [2.05, 4.69) is 27.8 Å². The average molecular weight is 509 g/mol. The third-order valence-electron chi connectivity index (χ3n) is 6.38. The van der Waals surface area contributed by atoms with E-state index in [0.29, 0.717) is 29.9 Å². The van der Waals surface area contributed by atoms with Crippen LogP contribution in [-0.2, 0) is 6.42 Å². The predicted octanol–water partition coefficient (Wildman–Crippen LogP) is 5.53. The number of fused-ring (bicyclic) bond motifs is 1. The Bertz CT molecular complexity index is 1510. The second-order valence-corrected chi connectivity index (χ2v) is 9.79. The molecule has 0 aliphatic rings. The molecule has 6 nitrogen and oxygen atoms in total. The maximum atomic E-state index is 13.5. The lowest BCUT2D eigenvalue weighted by atomic mass is 9.98. The van der Waals surface area contributed by atoms with E-state index >= 15 is 0 Å². The molecule has 0 spiro atoms. The van der Waals surface area contributed by atoms with Crippen LogP contribution in [0.1, 0.15) is 38.5 Å². The van der Waals surface area contributed by atoms with Gasteiger partial charge in [-0.25, -0.2) is 4.98 Å². The summed E-state index contributed by atoms with van der Waals surface area (Å²) < 4.78 is 1.81. The molecule has 2 heterocycles. The number of benzene rings is 3. The normalized spacial score (nSPS) is 11.8. The molecular formula is C30H28N4O2S. The third-order valence-corrected chi connectivity index (χ3v) is 7.13. The van der Waals surface area contributed by atoms with Gasteiger partial charge in [0.25, 0.3) is 11.8 Å². The number of thiazole rings is 1. The van der Waals surface area contributed by atoms with E-state index in [4.69, 9.17) is 0 Å². The smallest absolute Gasteiger partial charge is 0.270 e. The monoisotopic (exact) mass is 508 g/mol. The fourth-order valence-corrected chi connectivity index (χ4v) is 5.25. The van der Waals surface area contributed by atoms with Crippen molar-refractivity contribution in [3.8, 4) is 11.1 Å². The molecule has 7 heteroatoms. The number of amides is 2. The number of rotatable bonds is 9. The van der Waals surface area contributed by atoms with Crippen molar-refractivity contribution in [3.63, 3.8) is 0 Å². The van der Waals surface area contributed by atoms with Crippen LogP contribution in [-0.4, -0.2) is 33.8 Å². The lowest BCUT2D eigenvalue weighted by Gasteiger charge is -2.21. The molecule has 0 saturated carbocycles. The molecule has 186 valence electrons. The molecule has 3 aromatic carbocycles. The second kappa shape index (κ2) is 11.2. The second-order valence-electron chi connectivity index (χ2n) is 8.92. The van der Waals surface area contributed by atoms with E-state index in [-0.39, 0.29) is 17.9 Å². The number of carbonyl (C=O) groups excluding carboxylic acids is 2. The van der Waals surface area contributed by atoms with Gasteiger partial charge >= 0.3 is 0 Å². The highest BCUT2D eigenvalue weighted by Crippen LogP contribution is 2.23. The lowest BCUT2D eigenvalue weighted by molar-refractivity contribution is 0.0904. The van der Waals surface area contributed by atoms with Crippen LogP contribution in [0.4, 0.5) is 0 Å². The van der Waals surface area contributed by atoms with Crippen LogP contribution in [0.25, 0.3) is 16.1 Å². The van der Waals surface area contributed by atoms with Crippen molar-refractivity contribution in [1.82, 2.24) is 20.0 Å². The van der Waals surface area contributed by atoms with Gasteiger partial charge in [-0.2, -0.15) is 0 Å². The predicted molar refractivity (Wildman–Crippen MR) is 148 cm³/mol. The number of aromatic nitrogens is 2. The summed E-state index contributed by atoms with van der Waals surface area (Å²) >= 11 is 1.49. The highest BCUT2D eigenvalue weighted by Gasteiger charge is 2.21. The van der Waals surface area contributed by atoms with Crippen molar-refractivity contribution in [2.24, 2.45) is 0 Å². The summed E-state index contributed by atoms with van der Waals surface area (Å²) in [6.07, 6.45) is 3.31. The van der Waals surface area contributed by atoms with Crippen LogP contribution < -0.4 is 10.6 Å². The average Bonchev–Trinajstić information content (AvgIpc) is 3.51. The molecule has 37 heavy (non-hydrogen) atoms. The maximum absolute atomic E-state index is 13.5. The zero-order chi connectivity index (χ0) is 25.6. The van der Waals surface area contributed by atoms with E-state index in [1.807, 2.05) is 95.7 Å². The van der Waals surface area contributed by atoms with Gasteiger partial charge in [-0.3, -0.25) is 14.0 Å². The Hall–Kier alpha value is -4.23. The first kappa shape index (κ1) is 24.5. The number of imidazole rings is 1. The van der Waals surface area contributed by atoms with Gasteiger partial charge in [-0.15, -0.1) is 11.3 Å². The Labute approximate surface area is 220 Å². The molecule has 1 atom stereocenters. The SMILES string of the molecule is Cc1nc2sccn2c1C(=O)NCC(CCc1ccccc1)NC(=O)c1ccccc1-c1ccccc1. The lowest BCUT2D eigenvalue weighted by Crippen LogP contribution is -2.44. The topological polar surface area (TPSA) is 75.5 Å². The first-order valence-electron chi connectivity index (χ1n) is 12.3. The van der Waals surface area contributed by atoms with Crippen molar-refractivity contribution in [3.05, 3.63) is 119 Å². The van der Waals surface area contributed by atoms with Crippen LogP contribution in [0.2, 0.25) is 0 Å². The molecule has 2 N–H and O–H groups in total. The van der Waals surface area contributed by atoms with E-state index < -0.39 is 0 Å². The largest absolute Gasteiger partial charge is 0.349 e. The van der Waals surface area contributed by atoms with Gasteiger partial charge in [0.05, 0.1) is 5.69 Å². The number of hydrogen-bond acceptors (Lipinski definition) is 4.